The first-order valence-corrected chi connectivity index (χ1v) is 9.20. The number of nitrogens with two attached hydrogens (primary N) is 1. The molecule has 1 heterocycles. The molecule has 2 aromatic rings. The second kappa shape index (κ2) is 7.67. The smallest absolute Gasteiger partial charge is 0.281 e. The summed E-state index contributed by atoms with van der Waals surface area (Å²) in [4.78, 5) is 12.5. The predicted molar refractivity (Wildman–Crippen MR) is 95.5 cm³/mol. The van der Waals surface area contributed by atoms with Gasteiger partial charge in [-0.25, -0.2) is 13.6 Å². The summed E-state index contributed by atoms with van der Waals surface area (Å²) >= 11 is 0. The van der Waals surface area contributed by atoms with Crippen molar-refractivity contribution in [3.05, 3.63) is 45.7 Å². The van der Waals surface area contributed by atoms with Crippen LogP contribution in [0.1, 0.15) is 18.1 Å². The molecule has 142 valence electrons. The Morgan fingerprint density at radius 3 is 2.37 bits per heavy atom. The molecule has 0 spiro atoms. The fraction of sp³-hybridized carbons (Fsp3) is 0.250. The first-order valence-electron chi connectivity index (χ1n) is 7.65. The molecule has 2 rings (SSSR count). The summed E-state index contributed by atoms with van der Waals surface area (Å²) in [7, 11) is -3.84. The van der Waals surface area contributed by atoms with Crippen LogP contribution in [0.25, 0.3) is 0 Å². The number of rotatable bonds is 5. The molecule has 0 aliphatic carbocycles. The van der Waals surface area contributed by atoms with Gasteiger partial charge in [-0.3, -0.25) is 9.36 Å². The number of hydrogen-bond donors (Lipinski definition) is 3. The van der Waals surface area contributed by atoms with E-state index in [1.165, 1.54) is 38.1 Å². The number of benzene rings is 1. The number of aliphatic hydroxyl groups is 1. The van der Waals surface area contributed by atoms with E-state index in [1.54, 1.807) is 6.07 Å². The number of aliphatic hydroxyl groups excluding tert-OH is 1. The van der Waals surface area contributed by atoms with E-state index in [2.05, 4.69) is 10.2 Å². The van der Waals surface area contributed by atoms with Crippen molar-refractivity contribution in [2.75, 3.05) is 0 Å². The van der Waals surface area contributed by atoms with Gasteiger partial charge < -0.3 is 10.2 Å². The van der Waals surface area contributed by atoms with Crippen molar-refractivity contribution in [3.63, 3.8) is 0 Å². The van der Waals surface area contributed by atoms with E-state index in [0.717, 1.165) is 4.57 Å². The number of aromatic nitrogens is 1. The number of nitrogens with zero attached hydrogens (tertiary/aromatic N) is 4. The number of pyridine rings is 1. The minimum atomic E-state index is -3.84. The molecule has 1 atom stereocenters. The Morgan fingerprint density at radius 1 is 1.30 bits per heavy atom. The van der Waals surface area contributed by atoms with Crippen LogP contribution in [0.15, 0.2) is 44.2 Å². The predicted octanol–water partition coefficient (Wildman–Crippen LogP) is 1.18. The van der Waals surface area contributed by atoms with Gasteiger partial charge in [0.15, 0.2) is 5.69 Å². The zero-order valence-electron chi connectivity index (χ0n) is 14.5. The van der Waals surface area contributed by atoms with Crippen LogP contribution in [-0.2, 0) is 16.6 Å². The molecule has 4 N–H and O–H groups in total. The van der Waals surface area contributed by atoms with Crippen LogP contribution < -0.4 is 10.7 Å². The number of hydrogen-bond acceptors (Lipinski definition) is 8. The van der Waals surface area contributed by atoms with Gasteiger partial charge in [0.1, 0.15) is 11.6 Å². The molecule has 0 fully saturated rings. The van der Waals surface area contributed by atoms with Gasteiger partial charge in [-0.1, -0.05) is 0 Å². The van der Waals surface area contributed by atoms with Crippen LogP contribution in [-0.4, -0.2) is 29.3 Å². The van der Waals surface area contributed by atoms with E-state index in [1.807, 2.05) is 0 Å². The fourth-order valence-corrected chi connectivity index (χ4v) is 2.82. The van der Waals surface area contributed by atoms with E-state index in [9.17, 15) is 28.7 Å². The highest BCUT2D eigenvalue weighted by Gasteiger charge is 2.20. The third kappa shape index (κ3) is 4.37. The number of sulfonamides is 1. The zero-order valence-corrected chi connectivity index (χ0v) is 15.3. The van der Waals surface area contributed by atoms with Crippen LogP contribution in [0.5, 0.6) is 5.88 Å². The SMILES string of the molecule is Cc1c(C#N)c(O)n(CC(C)O)c(=O)c1N=Nc1ccc(S(N)(=O)=O)cc1. The lowest BCUT2D eigenvalue weighted by Gasteiger charge is -2.14. The van der Waals surface area contributed by atoms with Gasteiger partial charge >= 0.3 is 0 Å². The standard InChI is InChI=1S/C16H17N5O5S/c1-9(22)8-21-15(23)13(7-17)10(2)14(16(21)24)20-19-11-3-5-12(6-4-11)27(18,25)26/h3-6,9,22-23H,8H2,1-2H3,(H2,18,25,26). The molecular formula is C16H17N5O5S. The normalized spacial score (nSPS) is 12.9. The Balaban J connectivity index is 2.54. The molecule has 0 aliphatic rings. The van der Waals surface area contributed by atoms with Crippen LogP contribution in [0.2, 0.25) is 0 Å². The lowest BCUT2D eigenvalue weighted by Crippen LogP contribution is -2.26. The number of azo groups is 1. The second-order valence-electron chi connectivity index (χ2n) is 5.79. The van der Waals surface area contributed by atoms with Crippen molar-refractivity contribution in [1.29, 1.82) is 5.26 Å². The van der Waals surface area contributed by atoms with Crippen LogP contribution in [0, 0.1) is 18.3 Å². The largest absolute Gasteiger partial charge is 0.493 e. The van der Waals surface area contributed by atoms with Crippen LogP contribution in [0.4, 0.5) is 11.4 Å². The molecule has 1 aromatic heterocycles. The summed E-state index contributed by atoms with van der Waals surface area (Å²) in [6.45, 7) is 2.63. The first kappa shape index (κ1) is 20.2. The molecule has 0 radical (unpaired) electrons. The van der Waals surface area contributed by atoms with Gasteiger partial charge in [0.05, 0.1) is 23.2 Å². The van der Waals surface area contributed by atoms with Gasteiger partial charge in [0.25, 0.3) is 5.56 Å². The van der Waals surface area contributed by atoms with E-state index in [0.29, 0.717) is 0 Å². The van der Waals surface area contributed by atoms with Crippen molar-refractivity contribution >= 4 is 21.4 Å². The highest BCUT2D eigenvalue weighted by molar-refractivity contribution is 7.89. The Bertz CT molecular complexity index is 1100. The maximum absolute atomic E-state index is 12.6. The average molecular weight is 391 g/mol. The molecule has 0 saturated heterocycles. The highest BCUT2D eigenvalue weighted by Crippen LogP contribution is 2.27. The van der Waals surface area contributed by atoms with Crippen molar-refractivity contribution in [1.82, 2.24) is 4.57 Å². The van der Waals surface area contributed by atoms with E-state index in [4.69, 9.17) is 5.14 Å². The molecule has 0 amide bonds. The Hall–Kier alpha value is -3.07. The fourth-order valence-electron chi connectivity index (χ4n) is 2.30. The molecule has 1 unspecified atom stereocenters. The van der Waals surface area contributed by atoms with Crippen LogP contribution >= 0.6 is 0 Å². The molecule has 10 nitrogen and oxygen atoms in total. The van der Waals surface area contributed by atoms with Gasteiger partial charge in [-0.15, -0.1) is 5.11 Å². The van der Waals surface area contributed by atoms with Gasteiger partial charge in [-0.05, 0) is 38.1 Å². The van der Waals surface area contributed by atoms with Gasteiger partial charge in [0, 0.05) is 5.56 Å². The quantitative estimate of drug-likeness (QED) is 0.646. The monoisotopic (exact) mass is 391 g/mol. The highest BCUT2D eigenvalue weighted by atomic mass is 32.2. The average Bonchev–Trinajstić information content (AvgIpc) is 2.58. The molecular weight excluding hydrogens is 374 g/mol. The third-order valence-corrected chi connectivity index (χ3v) is 4.58. The van der Waals surface area contributed by atoms with E-state index < -0.39 is 27.6 Å². The lowest BCUT2D eigenvalue weighted by molar-refractivity contribution is 0.167. The Morgan fingerprint density at radius 2 is 1.89 bits per heavy atom. The molecule has 1 aromatic carbocycles. The van der Waals surface area contributed by atoms with Crippen LogP contribution in [0.3, 0.4) is 0 Å². The summed E-state index contributed by atoms with van der Waals surface area (Å²) < 4.78 is 23.3. The molecule has 0 saturated carbocycles. The first-order chi connectivity index (χ1) is 12.6. The summed E-state index contributed by atoms with van der Waals surface area (Å²) in [5.74, 6) is -0.558. The summed E-state index contributed by atoms with van der Waals surface area (Å²) in [5, 5.41) is 41.6. The maximum Gasteiger partial charge on any atom is 0.281 e. The van der Waals surface area contributed by atoms with E-state index in [-0.39, 0.29) is 33.9 Å². The summed E-state index contributed by atoms with van der Waals surface area (Å²) in [6, 6.07) is 6.96. The summed E-state index contributed by atoms with van der Waals surface area (Å²) in [5.41, 5.74) is -0.689. The Kier molecular flexibility index (Phi) is 5.75. The molecule has 0 bridgehead atoms. The van der Waals surface area contributed by atoms with Crippen molar-refractivity contribution in [2.24, 2.45) is 15.4 Å². The molecule has 0 aliphatic heterocycles. The van der Waals surface area contributed by atoms with Crippen molar-refractivity contribution in [2.45, 2.75) is 31.4 Å². The van der Waals surface area contributed by atoms with E-state index >= 15 is 0 Å². The second-order valence-corrected chi connectivity index (χ2v) is 7.35. The van der Waals surface area contributed by atoms with Gasteiger partial charge in [-0.2, -0.15) is 10.4 Å². The van der Waals surface area contributed by atoms with Crippen molar-refractivity contribution in [3.8, 4) is 11.9 Å². The number of nitriles is 1. The summed E-state index contributed by atoms with van der Waals surface area (Å²) in [6.07, 6.45) is -0.946. The number of primary sulfonamides is 1. The lowest BCUT2D eigenvalue weighted by atomic mass is 10.1. The molecule has 27 heavy (non-hydrogen) atoms. The molecule has 11 heteroatoms. The maximum atomic E-state index is 12.6. The zero-order chi connectivity index (χ0) is 20.4. The van der Waals surface area contributed by atoms with Gasteiger partial charge in [0.2, 0.25) is 15.9 Å². The minimum absolute atomic E-state index is 0.103. The number of aromatic hydroxyl groups is 1. The minimum Gasteiger partial charge on any atom is -0.493 e. The van der Waals surface area contributed by atoms with Crippen molar-refractivity contribution < 1.29 is 18.6 Å². The Labute approximate surface area is 154 Å². The topological polar surface area (TPSA) is 171 Å². The third-order valence-electron chi connectivity index (χ3n) is 3.65.